The molecule has 5 nitrogen and oxygen atoms in total. The van der Waals surface area contributed by atoms with Crippen LogP contribution >= 0.6 is 0 Å². The molecule has 0 bridgehead atoms. The van der Waals surface area contributed by atoms with Gasteiger partial charge in [-0.25, -0.2) is 4.98 Å². The van der Waals surface area contributed by atoms with E-state index in [1.165, 1.54) is 5.56 Å². The molecule has 1 fully saturated rings. The van der Waals surface area contributed by atoms with Crippen molar-refractivity contribution >= 4 is 16.8 Å². The highest BCUT2D eigenvalue weighted by molar-refractivity contribution is 5.80. The van der Waals surface area contributed by atoms with E-state index in [0.29, 0.717) is 23.3 Å². The maximum absolute atomic E-state index is 13.6. The first-order chi connectivity index (χ1) is 15.5. The Bertz CT molecular complexity index is 1140. The van der Waals surface area contributed by atoms with Gasteiger partial charge in [0, 0.05) is 12.5 Å². The smallest absolute Gasteiger partial charge is 0.266 e. The molecular weight excluding hydrogens is 398 g/mol. The molecule has 1 aliphatic carbocycles. The van der Waals surface area contributed by atoms with Crippen molar-refractivity contribution in [3.63, 3.8) is 0 Å². The maximum Gasteiger partial charge on any atom is 0.266 e. The van der Waals surface area contributed by atoms with Gasteiger partial charge in [0.25, 0.3) is 5.56 Å². The third-order valence-corrected chi connectivity index (χ3v) is 6.70. The van der Waals surface area contributed by atoms with Crippen molar-refractivity contribution in [2.75, 3.05) is 6.54 Å². The van der Waals surface area contributed by atoms with E-state index in [4.69, 9.17) is 4.98 Å². The molecule has 5 heteroatoms. The van der Waals surface area contributed by atoms with Crippen LogP contribution in [0.3, 0.4) is 0 Å². The SMILES string of the molecule is CCCN(C(=O)C1CCCC1)C(C)c1nc2ccccc2c(=O)n1-c1ccc(CC)cc1. The summed E-state index contributed by atoms with van der Waals surface area (Å²) in [5.41, 5.74) is 2.59. The van der Waals surface area contributed by atoms with Crippen LogP contribution in [0.1, 0.15) is 70.3 Å². The van der Waals surface area contributed by atoms with Crippen molar-refractivity contribution in [2.45, 2.75) is 65.3 Å². The maximum atomic E-state index is 13.6. The van der Waals surface area contributed by atoms with Crippen LogP contribution in [-0.2, 0) is 11.2 Å². The lowest BCUT2D eigenvalue weighted by Gasteiger charge is -2.32. The lowest BCUT2D eigenvalue weighted by molar-refractivity contribution is -0.137. The van der Waals surface area contributed by atoms with Crippen LogP contribution in [0, 0.1) is 5.92 Å². The molecule has 168 valence electrons. The van der Waals surface area contributed by atoms with E-state index in [1.54, 1.807) is 4.57 Å². The Morgan fingerprint density at radius 2 is 1.78 bits per heavy atom. The number of aromatic nitrogens is 2. The summed E-state index contributed by atoms with van der Waals surface area (Å²) in [6.45, 7) is 6.87. The van der Waals surface area contributed by atoms with E-state index in [1.807, 2.05) is 48.2 Å². The molecule has 1 heterocycles. The topological polar surface area (TPSA) is 55.2 Å². The summed E-state index contributed by atoms with van der Waals surface area (Å²) in [4.78, 5) is 34.0. The fourth-order valence-corrected chi connectivity index (χ4v) is 4.84. The van der Waals surface area contributed by atoms with Gasteiger partial charge in [-0.1, -0.05) is 51.0 Å². The molecule has 0 spiro atoms. The minimum Gasteiger partial charge on any atom is -0.333 e. The fourth-order valence-electron chi connectivity index (χ4n) is 4.84. The van der Waals surface area contributed by atoms with Crippen LogP contribution in [0.15, 0.2) is 53.3 Å². The van der Waals surface area contributed by atoms with Crippen LogP contribution in [0.4, 0.5) is 0 Å². The Hall–Kier alpha value is -2.95. The first-order valence-corrected chi connectivity index (χ1v) is 12.0. The monoisotopic (exact) mass is 431 g/mol. The van der Waals surface area contributed by atoms with Crippen LogP contribution in [-0.4, -0.2) is 26.9 Å². The van der Waals surface area contributed by atoms with E-state index in [0.717, 1.165) is 44.2 Å². The van der Waals surface area contributed by atoms with Gasteiger partial charge < -0.3 is 4.90 Å². The molecule has 3 aromatic rings. The van der Waals surface area contributed by atoms with Gasteiger partial charge in [-0.15, -0.1) is 0 Å². The minimum absolute atomic E-state index is 0.0912. The summed E-state index contributed by atoms with van der Waals surface area (Å²) in [6.07, 6.45) is 5.96. The summed E-state index contributed by atoms with van der Waals surface area (Å²) in [5.74, 6) is 0.915. The Balaban J connectivity index is 1.86. The molecule has 1 aromatic heterocycles. The summed E-state index contributed by atoms with van der Waals surface area (Å²) in [5, 5.41) is 0.590. The largest absolute Gasteiger partial charge is 0.333 e. The van der Waals surface area contributed by atoms with Crippen molar-refractivity contribution in [2.24, 2.45) is 5.92 Å². The van der Waals surface area contributed by atoms with E-state index in [-0.39, 0.29) is 23.4 Å². The third kappa shape index (κ3) is 4.21. The molecule has 0 N–H and O–H groups in total. The molecule has 32 heavy (non-hydrogen) atoms. The van der Waals surface area contributed by atoms with Gasteiger partial charge in [-0.2, -0.15) is 0 Å². The van der Waals surface area contributed by atoms with Gasteiger partial charge in [0.2, 0.25) is 5.91 Å². The lowest BCUT2D eigenvalue weighted by atomic mass is 10.0. The number of nitrogens with zero attached hydrogens (tertiary/aromatic N) is 3. The van der Waals surface area contributed by atoms with Gasteiger partial charge in [-0.3, -0.25) is 14.2 Å². The highest BCUT2D eigenvalue weighted by Gasteiger charge is 2.32. The predicted molar refractivity (Wildman–Crippen MR) is 129 cm³/mol. The van der Waals surface area contributed by atoms with Gasteiger partial charge >= 0.3 is 0 Å². The van der Waals surface area contributed by atoms with E-state index in [9.17, 15) is 9.59 Å². The first kappa shape index (κ1) is 22.3. The molecule has 1 atom stereocenters. The van der Waals surface area contributed by atoms with Crippen LogP contribution in [0.2, 0.25) is 0 Å². The molecule has 0 saturated heterocycles. The number of hydrogen-bond acceptors (Lipinski definition) is 3. The summed E-state index contributed by atoms with van der Waals surface area (Å²) >= 11 is 0. The highest BCUT2D eigenvalue weighted by Crippen LogP contribution is 2.31. The Labute approximate surface area is 190 Å². The van der Waals surface area contributed by atoms with E-state index in [2.05, 4.69) is 26.0 Å². The molecule has 1 amide bonds. The zero-order valence-electron chi connectivity index (χ0n) is 19.4. The number of benzene rings is 2. The highest BCUT2D eigenvalue weighted by atomic mass is 16.2. The number of carbonyl (C=O) groups excluding carboxylic acids is 1. The molecule has 4 rings (SSSR count). The zero-order valence-corrected chi connectivity index (χ0v) is 19.4. The summed E-state index contributed by atoms with van der Waals surface area (Å²) < 4.78 is 1.71. The number of fused-ring (bicyclic) bond motifs is 1. The zero-order chi connectivity index (χ0) is 22.7. The number of rotatable bonds is 7. The lowest BCUT2D eigenvalue weighted by Crippen LogP contribution is -2.40. The molecule has 0 radical (unpaired) electrons. The fraction of sp³-hybridized carbons (Fsp3) is 0.444. The Kier molecular flexibility index (Phi) is 6.73. The molecule has 1 saturated carbocycles. The minimum atomic E-state index is -0.300. The normalized spacial score (nSPS) is 15.2. The van der Waals surface area contributed by atoms with Gasteiger partial charge in [0.05, 0.1) is 22.6 Å². The third-order valence-electron chi connectivity index (χ3n) is 6.70. The van der Waals surface area contributed by atoms with Crippen molar-refractivity contribution < 1.29 is 4.79 Å². The Morgan fingerprint density at radius 1 is 1.09 bits per heavy atom. The second kappa shape index (κ2) is 9.68. The second-order valence-corrected chi connectivity index (χ2v) is 8.84. The van der Waals surface area contributed by atoms with Crippen LogP contribution < -0.4 is 5.56 Å². The van der Waals surface area contributed by atoms with Crippen LogP contribution in [0.25, 0.3) is 16.6 Å². The molecule has 2 aromatic carbocycles. The molecule has 1 aliphatic rings. The summed E-state index contributed by atoms with van der Waals surface area (Å²) in [6, 6.07) is 15.2. The number of carbonyl (C=O) groups is 1. The van der Waals surface area contributed by atoms with Gasteiger partial charge in [0.1, 0.15) is 5.82 Å². The number of amides is 1. The number of aryl methyl sites for hydroxylation is 1. The first-order valence-electron chi connectivity index (χ1n) is 12.0. The predicted octanol–water partition coefficient (Wildman–Crippen LogP) is 5.44. The van der Waals surface area contributed by atoms with Crippen molar-refractivity contribution in [3.05, 3.63) is 70.3 Å². The van der Waals surface area contributed by atoms with Crippen molar-refractivity contribution in [3.8, 4) is 5.69 Å². The average Bonchev–Trinajstić information content (AvgIpc) is 3.37. The van der Waals surface area contributed by atoms with Gasteiger partial charge in [0.15, 0.2) is 0 Å². The molecular formula is C27H33N3O2. The average molecular weight is 432 g/mol. The van der Waals surface area contributed by atoms with E-state index >= 15 is 0 Å². The standard InChI is InChI=1S/C27H33N3O2/c1-4-18-29(26(31)21-10-6-7-11-21)19(3)25-28-24-13-9-8-12-23(24)27(32)30(25)22-16-14-20(5-2)15-17-22/h8-9,12-17,19,21H,4-7,10-11,18H2,1-3H3. The number of hydrogen-bond donors (Lipinski definition) is 0. The number of para-hydroxylation sites is 1. The molecule has 1 unspecified atom stereocenters. The van der Waals surface area contributed by atoms with Gasteiger partial charge in [-0.05, 0) is 62.4 Å². The molecule has 0 aliphatic heterocycles. The van der Waals surface area contributed by atoms with Crippen molar-refractivity contribution in [1.29, 1.82) is 0 Å². The van der Waals surface area contributed by atoms with Crippen LogP contribution in [0.5, 0.6) is 0 Å². The van der Waals surface area contributed by atoms with E-state index < -0.39 is 0 Å². The second-order valence-electron chi connectivity index (χ2n) is 8.84. The summed E-state index contributed by atoms with van der Waals surface area (Å²) in [7, 11) is 0. The van der Waals surface area contributed by atoms with Crippen molar-refractivity contribution in [1.82, 2.24) is 14.5 Å². The Morgan fingerprint density at radius 3 is 2.44 bits per heavy atom. The quantitative estimate of drug-likeness (QED) is 0.501.